The van der Waals surface area contributed by atoms with Crippen molar-refractivity contribution in [1.82, 2.24) is 9.55 Å². The minimum absolute atomic E-state index is 0.0756. The van der Waals surface area contributed by atoms with Crippen molar-refractivity contribution < 1.29 is 14.9 Å². The van der Waals surface area contributed by atoms with Crippen molar-refractivity contribution in [3.05, 3.63) is 32.6 Å². The summed E-state index contributed by atoms with van der Waals surface area (Å²) >= 11 is 12.0. The van der Waals surface area contributed by atoms with Gasteiger partial charge in [-0.05, 0) is 22.8 Å². The maximum atomic E-state index is 9.88. The molecule has 1 saturated heterocycles. The van der Waals surface area contributed by atoms with Gasteiger partial charge in [0.05, 0.1) is 33.8 Å². The van der Waals surface area contributed by atoms with Gasteiger partial charge in [0.2, 0.25) is 0 Å². The summed E-state index contributed by atoms with van der Waals surface area (Å²) in [4.78, 5) is 6.94. The average molecular weight is 344 g/mol. The molecule has 1 aliphatic rings. The van der Waals surface area contributed by atoms with Crippen LogP contribution in [0.4, 0.5) is 5.95 Å². The lowest BCUT2D eigenvalue weighted by molar-refractivity contribution is -0.0425. The number of ether oxygens (including phenoxy) is 1. The molecule has 22 heavy (non-hydrogen) atoms. The number of hydrogen-bond donors (Lipinski definition) is 2. The Morgan fingerprint density at radius 1 is 1.45 bits per heavy atom. The number of aromatic nitrogens is 2. The second kappa shape index (κ2) is 5.92. The quantitative estimate of drug-likeness (QED) is 0.506. The number of benzene rings is 1. The molecule has 1 fully saturated rings. The second-order valence-corrected chi connectivity index (χ2v) is 5.66. The number of aliphatic hydroxyl groups excluding tert-OH is 2. The fourth-order valence-electron chi connectivity index (χ4n) is 2.51. The molecule has 0 aliphatic carbocycles. The maximum Gasteiger partial charge on any atom is 0.200 e. The third-order valence-corrected chi connectivity index (χ3v) is 4.24. The van der Waals surface area contributed by atoms with Crippen LogP contribution < -0.4 is 0 Å². The molecular formula is C12H11Cl2N5O3. The number of azide groups is 1. The number of aliphatic hydroxyl groups is 2. The monoisotopic (exact) mass is 343 g/mol. The molecule has 8 nitrogen and oxygen atoms in total. The fourth-order valence-corrected chi connectivity index (χ4v) is 2.83. The minimum Gasteiger partial charge on any atom is -0.394 e. The smallest absolute Gasteiger partial charge is 0.200 e. The van der Waals surface area contributed by atoms with Gasteiger partial charge in [0.25, 0.3) is 0 Å². The summed E-state index contributed by atoms with van der Waals surface area (Å²) in [6.45, 7) is -0.312. The number of hydrogen-bond acceptors (Lipinski definition) is 5. The highest BCUT2D eigenvalue weighted by Crippen LogP contribution is 2.37. The summed E-state index contributed by atoms with van der Waals surface area (Å²) in [5, 5.41) is 23.3. The van der Waals surface area contributed by atoms with E-state index < -0.39 is 18.4 Å². The standard InChI is InChI=1S/C12H11Cl2N5O3/c13-5-1-7-8(2-6(5)14)19(12(16-7)17-18-15)11-3-9(21)10(4-20)22-11/h1-2,9-11,20-21H,3-4H2/t9-,10+,11+/m0/s1. The predicted octanol–water partition coefficient (Wildman–Crippen LogP) is 2.93. The average Bonchev–Trinajstić information content (AvgIpc) is 3.00. The highest BCUT2D eigenvalue weighted by Gasteiger charge is 2.36. The van der Waals surface area contributed by atoms with Gasteiger partial charge in [-0.2, -0.15) is 0 Å². The summed E-state index contributed by atoms with van der Waals surface area (Å²) in [6.07, 6.45) is -1.93. The van der Waals surface area contributed by atoms with E-state index in [4.69, 9.17) is 33.5 Å². The summed E-state index contributed by atoms with van der Waals surface area (Å²) in [6, 6.07) is 3.14. The largest absolute Gasteiger partial charge is 0.394 e. The van der Waals surface area contributed by atoms with E-state index in [0.29, 0.717) is 21.1 Å². The van der Waals surface area contributed by atoms with E-state index in [2.05, 4.69) is 15.0 Å². The number of fused-ring (bicyclic) bond motifs is 1. The summed E-state index contributed by atoms with van der Waals surface area (Å²) < 4.78 is 7.13. The van der Waals surface area contributed by atoms with Crippen molar-refractivity contribution in [2.75, 3.05) is 6.61 Å². The van der Waals surface area contributed by atoms with E-state index in [9.17, 15) is 10.2 Å². The van der Waals surface area contributed by atoms with Gasteiger partial charge in [-0.15, -0.1) is 0 Å². The summed E-state index contributed by atoms with van der Waals surface area (Å²) in [5.41, 5.74) is 9.74. The first-order valence-electron chi connectivity index (χ1n) is 6.41. The number of rotatable bonds is 3. The van der Waals surface area contributed by atoms with E-state index >= 15 is 0 Å². The molecule has 1 aromatic carbocycles. The molecule has 2 N–H and O–H groups in total. The first-order chi connectivity index (χ1) is 10.5. The lowest BCUT2D eigenvalue weighted by Crippen LogP contribution is -2.24. The zero-order valence-corrected chi connectivity index (χ0v) is 12.6. The van der Waals surface area contributed by atoms with E-state index in [1.54, 1.807) is 12.1 Å². The Bertz CT molecular complexity index is 774. The Morgan fingerprint density at radius 3 is 2.82 bits per heavy atom. The van der Waals surface area contributed by atoms with Crippen molar-refractivity contribution in [1.29, 1.82) is 0 Å². The lowest BCUT2D eigenvalue weighted by atomic mass is 10.2. The SMILES string of the molecule is [N-]=[N+]=Nc1nc2cc(Cl)c(Cl)cc2n1[C@H]1C[C@H](O)[C@@H](CO)O1. The molecule has 0 unspecified atom stereocenters. The molecule has 1 aromatic heterocycles. The minimum atomic E-state index is -0.825. The molecule has 116 valence electrons. The second-order valence-electron chi connectivity index (χ2n) is 4.84. The van der Waals surface area contributed by atoms with Crippen molar-refractivity contribution in [3.63, 3.8) is 0 Å². The highest BCUT2D eigenvalue weighted by molar-refractivity contribution is 6.42. The highest BCUT2D eigenvalue weighted by atomic mass is 35.5. The van der Waals surface area contributed by atoms with Gasteiger partial charge in [0, 0.05) is 11.3 Å². The van der Waals surface area contributed by atoms with Gasteiger partial charge in [-0.3, -0.25) is 4.57 Å². The van der Waals surface area contributed by atoms with Gasteiger partial charge in [0.15, 0.2) is 5.95 Å². The molecule has 3 rings (SSSR count). The molecule has 0 amide bonds. The van der Waals surface area contributed by atoms with Crippen molar-refractivity contribution in [3.8, 4) is 0 Å². The van der Waals surface area contributed by atoms with Crippen molar-refractivity contribution >= 4 is 40.2 Å². The van der Waals surface area contributed by atoms with E-state index in [-0.39, 0.29) is 19.0 Å². The Hall–Kier alpha value is -1.54. The first kappa shape index (κ1) is 15.4. The van der Waals surface area contributed by atoms with Crippen LogP contribution in [0.2, 0.25) is 10.0 Å². The van der Waals surface area contributed by atoms with Gasteiger partial charge in [0.1, 0.15) is 12.3 Å². The van der Waals surface area contributed by atoms with Crippen LogP contribution in [0.1, 0.15) is 12.6 Å². The van der Waals surface area contributed by atoms with Gasteiger partial charge in [-0.1, -0.05) is 23.2 Å². The molecular weight excluding hydrogens is 333 g/mol. The normalized spacial score (nSPS) is 24.6. The summed E-state index contributed by atoms with van der Waals surface area (Å²) in [7, 11) is 0. The zero-order valence-electron chi connectivity index (χ0n) is 11.1. The number of halogens is 2. The Kier molecular flexibility index (Phi) is 4.14. The zero-order chi connectivity index (χ0) is 15.9. The van der Waals surface area contributed by atoms with E-state index in [1.165, 1.54) is 4.57 Å². The maximum absolute atomic E-state index is 9.88. The summed E-state index contributed by atoms with van der Waals surface area (Å²) in [5.74, 6) is 0.0756. The third-order valence-electron chi connectivity index (χ3n) is 3.52. The van der Waals surface area contributed by atoms with Crippen molar-refractivity contribution in [2.24, 2.45) is 5.11 Å². The van der Waals surface area contributed by atoms with E-state index in [0.717, 1.165) is 0 Å². The molecule has 2 heterocycles. The third kappa shape index (κ3) is 2.50. The number of imidazole rings is 1. The van der Waals surface area contributed by atoms with Crippen LogP contribution in [-0.2, 0) is 4.74 Å². The van der Waals surface area contributed by atoms with Crippen LogP contribution >= 0.6 is 23.2 Å². The molecule has 1 aliphatic heterocycles. The van der Waals surface area contributed by atoms with Crippen LogP contribution in [-0.4, -0.2) is 38.6 Å². The van der Waals surface area contributed by atoms with Gasteiger partial charge in [-0.25, -0.2) is 4.98 Å². The topological polar surface area (TPSA) is 116 Å². The van der Waals surface area contributed by atoms with Crippen LogP contribution in [0.3, 0.4) is 0 Å². The molecule has 10 heteroatoms. The van der Waals surface area contributed by atoms with Gasteiger partial charge >= 0.3 is 0 Å². The van der Waals surface area contributed by atoms with Crippen LogP contribution in [0.15, 0.2) is 17.2 Å². The van der Waals surface area contributed by atoms with E-state index in [1.807, 2.05) is 0 Å². The predicted molar refractivity (Wildman–Crippen MR) is 80.2 cm³/mol. The Morgan fingerprint density at radius 2 is 2.18 bits per heavy atom. The van der Waals surface area contributed by atoms with Crippen molar-refractivity contribution in [2.45, 2.75) is 24.9 Å². The Labute approximate surface area is 134 Å². The first-order valence-corrected chi connectivity index (χ1v) is 7.17. The molecule has 3 atom stereocenters. The molecule has 0 bridgehead atoms. The number of nitrogens with zero attached hydrogens (tertiary/aromatic N) is 5. The lowest BCUT2D eigenvalue weighted by Gasteiger charge is -2.15. The molecule has 0 spiro atoms. The fraction of sp³-hybridized carbons (Fsp3) is 0.417. The Balaban J connectivity index is 2.16. The van der Waals surface area contributed by atoms with Crippen LogP contribution in [0.25, 0.3) is 21.5 Å². The molecule has 2 aromatic rings. The molecule has 0 saturated carbocycles. The van der Waals surface area contributed by atoms with Gasteiger partial charge < -0.3 is 14.9 Å². The molecule has 0 radical (unpaired) electrons. The van der Waals surface area contributed by atoms with Crippen LogP contribution in [0, 0.1) is 0 Å². The van der Waals surface area contributed by atoms with Crippen LogP contribution in [0.5, 0.6) is 0 Å².